The summed E-state index contributed by atoms with van der Waals surface area (Å²) >= 11 is 0. The number of fused-ring (bicyclic) bond motifs is 1. The van der Waals surface area contributed by atoms with E-state index in [4.69, 9.17) is 4.74 Å². The van der Waals surface area contributed by atoms with Crippen LogP contribution < -0.4 is 5.56 Å². The van der Waals surface area contributed by atoms with Crippen LogP contribution >= 0.6 is 0 Å². The van der Waals surface area contributed by atoms with Gasteiger partial charge in [0.25, 0.3) is 5.56 Å². The highest BCUT2D eigenvalue weighted by Gasteiger charge is 2.31. The Kier molecular flexibility index (Phi) is 6.55. The lowest BCUT2D eigenvalue weighted by Crippen LogP contribution is -2.38. The number of nitrogens with one attached hydrogen (secondary N) is 1. The molecule has 2 atom stereocenters. The van der Waals surface area contributed by atoms with Gasteiger partial charge >= 0.3 is 0 Å². The molecule has 3 aromatic rings. The van der Waals surface area contributed by atoms with Crippen molar-refractivity contribution in [1.82, 2.24) is 30.1 Å². The van der Waals surface area contributed by atoms with E-state index in [1.54, 1.807) is 0 Å². The van der Waals surface area contributed by atoms with E-state index in [2.05, 4.69) is 50.0 Å². The lowest BCUT2D eigenvalue weighted by atomic mass is 10.1. The summed E-state index contributed by atoms with van der Waals surface area (Å²) in [6.07, 6.45) is 7.90. The maximum Gasteiger partial charge on any atom is 0.252 e. The standard InChI is InChI=1S/C25H34N6O2/c1-3-23(24-27-28-29-31(24)20-7-4-5-8-20)30(16-21-9-6-12-33-21)15-19-14-18-13-17(2)10-11-22(18)26-25(19)32/h10-11,13-14,20-21,23H,3-9,12,15-16H2,1-2H3,(H,26,32). The van der Waals surface area contributed by atoms with Gasteiger partial charge in [-0.15, -0.1) is 5.10 Å². The molecule has 1 aliphatic heterocycles. The largest absolute Gasteiger partial charge is 0.377 e. The highest BCUT2D eigenvalue weighted by atomic mass is 16.5. The first-order valence-corrected chi connectivity index (χ1v) is 12.4. The van der Waals surface area contributed by atoms with E-state index in [0.29, 0.717) is 12.6 Å². The summed E-state index contributed by atoms with van der Waals surface area (Å²) in [6, 6.07) is 8.56. The lowest BCUT2D eigenvalue weighted by Gasteiger charge is -2.32. The Morgan fingerprint density at radius 2 is 2.06 bits per heavy atom. The minimum atomic E-state index is -0.0334. The molecule has 1 saturated heterocycles. The molecule has 8 nitrogen and oxygen atoms in total. The van der Waals surface area contributed by atoms with Gasteiger partial charge < -0.3 is 9.72 Å². The Labute approximate surface area is 194 Å². The fraction of sp³-hybridized carbons (Fsp3) is 0.600. The van der Waals surface area contributed by atoms with E-state index in [-0.39, 0.29) is 17.7 Å². The topological polar surface area (TPSA) is 88.9 Å². The molecule has 5 rings (SSSR count). The van der Waals surface area contributed by atoms with Gasteiger partial charge in [0.2, 0.25) is 0 Å². The molecule has 1 N–H and O–H groups in total. The number of aromatic amines is 1. The first-order chi connectivity index (χ1) is 16.1. The van der Waals surface area contributed by atoms with Crippen LogP contribution in [-0.2, 0) is 11.3 Å². The third-order valence-electron chi connectivity index (χ3n) is 7.23. The molecular weight excluding hydrogens is 416 g/mol. The Bertz CT molecular complexity index is 1140. The van der Waals surface area contributed by atoms with Crippen molar-refractivity contribution in [3.63, 3.8) is 0 Å². The number of tetrazole rings is 1. The number of benzene rings is 1. The number of H-pyrrole nitrogens is 1. The normalized spacial score (nSPS) is 20.3. The van der Waals surface area contributed by atoms with Gasteiger partial charge in [0.05, 0.1) is 18.2 Å². The van der Waals surface area contributed by atoms with Gasteiger partial charge in [-0.25, -0.2) is 4.68 Å². The number of ether oxygens (including phenoxy) is 1. The number of aromatic nitrogens is 5. The third kappa shape index (κ3) is 4.73. The smallest absolute Gasteiger partial charge is 0.252 e. The number of rotatable bonds is 8. The van der Waals surface area contributed by atoms with E-state index in [9.17, 15) is 4.79 Å². The minimum absolute atomic E-state index is 0.0254. The molecule has 33 heavy (non-hydrogen) atoms. The van der Waals surface area contributed by atoms with Crippen molar-refractivity contribution in [1.29, 1.82) is 0 Å². The van der Waals surface area contributed by atoms with E-state index in [1.165, 1.54) is 18.4 Å². The van der Waals surface area contributed by atoms with E-state index >= 15 is 0 Å². The van der Waals surface area contributed by atoms with Crippen molar-refractivity contribution < 1.29 is 4.74 Å². The molecule has 2 fully saturated rings. The zero-order valence-electron chi connectivity index (χ0n) is 19.7. The van der Waals surface area contributed by atoms with Crippen molar-refractivity contribution in [3.8, 4) is 0 Å². The van der Waals surface area contributed by atoms with Crippen LogP contribution in [0.4, 0.5) is 0 Å². The molecule has 0 spiro atoms. The zero-order valence-corrected chi connectivity index (χ0v) is 19.7. The van der Waals surface area contributed by atoms with Gasteiger partial charge in [0, 0.05) is 30.8 Å². The fourth-order valence-corrected chi connectivity index (χ4v) is 5.49. The maximum absolute atomic E-state index is 13.0. The summed E-state index contributed by atoms with van der Waals surface area (Å²) in [5, 5.41) is 14.0. The van der Waals surface area contributed by atoms with Crippen molar-refractivity contribution in [2.75, 3.05) is 13.2 Å². The molecule has 1 aliphatic carbocycles. The summed E-state index contributed by atoms with van der Waals surface area (Å²) in [7, 11) is 0. The molecule has 0 amide bonds. The van der Waals surface area contributed by atoms with E-state index in [1.807, 2.05) is 18.2 Å². The number of pyridine rings is 1. The molecule has 176 valence electrons. The number of nitrogens with zero attached hydrogens (tertiary/aromatic N) is 5. The van der Waals surface area contributed by atoms with Crippen LogP contribution in [0, 0.1) is 6.92 Å². The second kappa shape index (κ2) is 9.73. The molecular formula is C25H34N6O2. The predicted molar refractivity (Wildman–Crippen MR) is 127 cm³/mol. The number of aryl methyl sites for hydroxylation is 1. The van der Waals surface area contributed by atoms with Gasteiger partial charge in [-0.05, 0) is 73.0 Å². The van der Waals surface area contributed by atoms with Crippen molar-refractivity contribution in [2.45, 2.75) is 83.5 Å². The highest BCUT2D eigenvalue weighted by molar-refractivity contribution is 5.79. The minimum Gasteiger partial charge on any atom is -0.377 e. The van der Waals surface area contributed by atoms with Crippen LogP contribution in [-0.4, -0.2) is 49.3 Å². The molecule has 1 aromatic carbocycles. The lowest BCUT2D eigenvalue weighted by molar-refractivity contribution is 0.0484. The van der Waals surface area contributed by atoms with Gasteiger partial charge in [0.1, 0.15) is 0 Å². The highest BCUT2D eigenvalue weighted by Crippen LogP contribution is 2.33. The third-order valence-corrected chi connectivity index (χ3v) is 7.23. The molecule has 3 heterocycles. The Balaban J connectivity index is 1.49. The SMILES string of the molecule is CCC(c1nnnn1C1CCCC1)N(Cc1cc2cc(C)ccc2[nH]c1=O)CC1CCCO1. The van der Waals surface area contributed by atoms with Gasteiger partial charge in [-0.2, -0.15) is 0 Å². The molecule has 1 saturated carbocycles. The molecule has 2 unspecified atom stereocenters. The average molecular weight is 451 g/mol. The Morgan fingerprint density at radius 1 is 1.21 bits per heavy atom. The van der Waals surface area contributed by atoms with Crippen molar-refractivity contribution >= 4 is 10.9 Å². The first-order valence-electron chi connectivity index (χ1n) is 12.4. The van der Waals surface area contributed by atoms with E-state index < -0.39 is 0 Å². The monoisotopic (exact) mass is 450 g/mol. The van der Waals surface area contributed by atoms with Gasteiger partial charge in [0.15, 0.2) is 5.82 Å². The van der Waals surface area contributed by atoms with Gasteiger partial charge in [-0.3, -0.25) is 9.69 Å². The Morgan fingerprint density at radius 3 is 2.82 bits per heavy atom. The summed E-state index contributed by atoms with van der Waals surface area (Å²) in [6.45, 7) is 6.36. The van der Waals surface area contributed by atoms with Gasteiger partial charge in [-0.1, -0.05) is 31.4 Å². The zero-order chi connectivity index (χ0) is 22.8. The van der Waals surface area contributed by atoms with Crippen LogP contribution in [0.25, 0.3) is 10.9 Å². The second-order valence-corrected chi connectivity index (χ2v) is 9.62. The van der Waals surface area contributed by atoms with Crippen LogP contribution in [0.15, 0.2) is 29.1 Å². The van der Waals surface area contributed by atoms with Crippen LogP contribution in [0.3, 0.4) is 0 Å². The number of hydrogen-bond acceptors (Lipinski definition) is 6. The summed E-state index contributed by atoms with van der Waals surface area (Å²) in [4.78, 5) is 18.4. The molecule has 8 heteroatoms. The van der Waals surface area contributed by atoms with Crippen LogP contribution in [0.2, 0.25) is 0 Å². The van der Waals surface area contributed by atoms with Crippen LogP contribution in [0.5, 0.6) is 0 Å². The van der Waals surface area contributed by atoms with Crippen molar-refractivity contribution in [3.05, 3.63) is 51.6 Å². The quantitative estimate of drug-likeness (QED) is 0.556. The van der Waals surface area contributed by atoms with Crippen molar-refractivity contribution in [2.24, 2.45) is 0 Å². The maximum atomic E-state index is 13.0. The van der Waals surface area contributed by atoms with E-state index in [0.717, 1.165) is 67.5 Å². The molecule has 2 aromatic heterocycles. The second-order valence-electron chi connectivity index (χ2n) is 9.62. The summed E-state index contributed by atoms with van der Waals surface area (Å²) in [5.41, 5.74) is 2.79. The Hall–Kier alpha value is -2.58. The number of hydrogen-bond donors (Lipinski definition) is 1. The molecule has 0 radical (unpaired) electrons. The fourth-order valence-electron chi connectivity index (χ4n) is 5.49. The summed E-state index contributed by atoms with van der Waals surface area (Å²) in [5.74, 6) is 0.912. The predicted octanol–water partition coefficient (Wildman–Crippen LogP) is 4.07. The molecule has 2 aliphatic rings. The average Bonchev–Trinajstić information content (AvgIpc) is 3.58. The summed E-state index contributed by atoms with van der Waals surface area (Å²) < 4.78 is 8.05. The van der Waals surface area contributed by atoms with Crippen LogP contribution in [0.1, 0.15) is 80.9 Å². The molecule has 0 bridgehead atoms. The first kappa shape index (κ1) is 22.2.